The van der Waals surface area contributed by atoms with E-state index < -0.39 is 11.7 Å². The summed E-state index contributed by atoms with van der Waals surface area (Å²) in [5, 5.41) is 4.72. The van der Waals surface area contributed by atoms with Crippen LogP contribution in [0, 0.1) is 27.7 Å². The van der Waals surface area contributed by atoms with Gasteiger partial charge >= 0.3 is 6.18 Å². The summed E-state index contributed by atoms with van der Waals surface area (Å²) in [7, 11) is 0. The van der Waals surface area contributed by atoms with Crippen molar-refractivity contribution in [2.75, 3.05) is 0 Å². The fourth-order valence-electron chi connectivity index (χ4n) is 5.09. The molecule has 0 aliphatic rings. The first-order valence-electron chi connectivity index (χ1n) is 14.0. The molecular weight excluding hydrogens is 547 g/mol. The van der Waals surface area contributed by atoms with E-state index in [1.807, 2.05) is 82.3 Å². The number of pyridine rings is 1. The van der Waals surface area contributed by atoms with Crippen molar-refractivity contribution >= 4 is 11.0 Å². The van der Waals surface area contributed by atoms with Crippen LogP contribution < -0.4 is 4.74 Å². The Kier molecular flexibility index (Phi) is 7.26. The van der Waals surface area contributed by atoms with Crippen molar-refractivity contribution in [2.45, 2.75) is 40.5 Å². The quantitative estimate of drug-likeness (QED) is 0.198. The van der Waals surface area contributed by atoms with Gasteiger partial charge in [-0.25, -0.2) is 9.67 Å². The molecule has 0 aliphatic carbocycles. The number of rotatable bonds is 6. The van der Waals surface area contributed by atoms with Crippen molar-refractivity contribution in [3.63, 3.8) is 0 Å². The second kappa shape index (κ2) is 11.1. The Hall–Kier alpha value is -4.91. The molecule has 0 saturated heterocycles. The minimum absolute atomic E-state index is 0.0310. The summed E-state index contributed by atoms with van der Waals surface area (Å²) < 4.78 is 51.8. The minimum atomic E-state index is -4.64. The number of ether oxygens (including phenoxy) is 1. The van der Waals surface area contributed by atoms with E-state index in [4.69, 9.17) is 14.8 Å². The van der Waals surface area contributed by atoms with Crippen molar-refractivity contribution in [1.82, 2.24) is 14.8 Å². The molecule has 0 unspecified atom stereocenters. The van der Waals surface area contributed by atoms with Gasteiger partial charge in [-0.1, -0.05) is 60.2 Å². The maximum Gasteiger partial charge on any atom is 0.417 e. The molecule has 0 bridgehead atoms. The van der Waals surface area contributed by atoms with Gasteiger partial charge in [0.25, 0.3) is 0 Å². The van der Waals surface area contributed by atoms with Crippen LogP contribution in [-0.4, -0.2) is 14.8 Å². The van der Waals surface area contributed by atoms with Gasteiger partial charge in [0, 0.05) is 11.1 Å². The predicted octanol–water partition coefficient (Wildman–Crippen LogP) is 9.59. The molecule has 0 saturated carbocycles. The van der Waals surface area contributed by atoms with E-state index in [-0.39, 0.29) is 22.4 Å². The Morgan fingerprint density at radius 1 is 0.721 bits per heavy atom. The highest BCUT2D eigenvalue weighted by atomic mass is 19.4. The van der Waals surface area contributed by atoms with Gasteiger partial charge in [0.15, 0.2) is 5.65 Å². The lowest BCUT2D eigenvalue weighted by atomic mass is 10.0. The number of halogens is 3. The lowest BCUT2D eigenvalue weighted by molar-refractivity contribution is -0.136. The number of hydrogen-bond acceptors (Lipinski definition) is 3. The fourth-order valence-corrected chi connectivity index (χ4v) is 5.09. The molecule has 6 rings (SSSR count). The third-order valence-corrected chi connectivity index (χ3v) is 7.81. The molecule has 0 atom stereocenters. The second-order valence-electron chi connectivity index (χ2n) is 10.9. The molecular formula is C36H30F3N3O. The maximum absolute atomic E-state index is 14.8. The molecule has 2 aromatic heterocycles. The van der Waals surface area contributed by atoms with E-state index in [0.29, 0.717) is 29.2 Å². The normalized spacial score (nSPS) is 11.7. The highest BCUT2D eigenvalue weighted by Gasteiger charge is 2.36. The number of nitrogens with zero attached hydrogens (tertiary/aromatic N) is 3. The second-order valence-corrected chi connectivity index (χ2v) is 10.9. The van der Waals surface area contributed by atoms with Crippen LogP contribution in [0.4, 0.5) is 13.2 Å². The molecule has 0 amide bonds. The van der Waals surface area contributed by atoms with Crippen molar-refractivity contribution in [2.24, 2.45) is 0 Å². The van der Waals surface area contributed by atoms with Gasteiger partial charge in [-0.2, -0.15) is 18.3 Å². The largest absolute Gasteiger partial charge is 0.489 e. The molecule has 216 valence electrons. The number of aryl methyl sites for hydroxylation is 4. The zero-order valence-electron chi connectivity index (χ0n) is 24.3. The van der Waals surface area contributed by atoms with E-state index in [1.165, 1.54) is 4.68 Å². The highest BCUT2D eigenvalue weighted by Crippen LogP contribution is 2.42. The monoisotopic (exact) mass is 577 g/mol. The predicted molar refractivity (Wildman–Crippen MR) is 164 cm³/mol. The summed E-state index contributed by atoms with van der Waals surface area (Å²) in [4.78, 5) is 4.81. The van der Waals surface area contributed by atoms with Gasteiger partial charge in [0.1, 0.15) is 18.1 Å². The average molecular weight is 578 g/mol. The lowest BCUT2D eigenvalue weighted by Gasteiger charge is -2.13. The molecule has 2 heterocycles. The van der Waals surface area contributed by atoms with Gasteiger partial charge in [-0.3, -0.25) is 0 Å². The molecule has 4 aromatic carbocycles. The first kappa shape index (κ1) is 28.2. The Labute approximate surface area is 248 Å². The summed E-state index contributed by atoms with van der Waals surface area (Å²) in [5.74, 6) is 0.617. The van der Waals surface area contributed by atoms with E-state index in [9.17, 15) is 13.2 Å². The molecule has 43 heavy (non-hydrogen) atoms. The van der Waals surface area contributed by atoms with E-state index in [0.717, 1.165) is 33.9 Å². The Morgan fingerprint density at radius 3 is 2.09 bits per heavy atom. The van der Waals surface area contributed by atoms with Crippen molar-refractivity contribution in [1.29, 1.82) is 0 Å². The van der Waals surface area contributed by atoms with Gasteiger partial charge < -0.3 is 4.74 Å². The number of aromatic nitrogens is 3. The number of benzene rings is 4. The maximum atomic E-state index is 14.8. The van der Waals surface area contributed by atoms with Crippen LogP contribution in [0.5, 0.6) is 5.75 Å². The zero-order chi connectivity index (χ0) is 30.3. The topological polar surface area (TPSA) is 39.9 Å². The number of hydrogen-bond donors (Lipinski definition) is 0. The molecule has 0 fully saturated rings. The Bertz CT molecular complexity index is 1940. The van der Waals surface area contributed by atoms with Crippen molar-refractivity contribution in [3.05, 3.63) is 130 Å². The SMILES string of the molecule is Cc1ccc(-c2nn(-c3ccc(C)c(C)c3)c3nc(-c4ccc(OCc5ccccc5C)cc4)cc(C(F)(F)F)c23)cc1. The first-order chi connectivity index (χ1) is 20.6. The van der Waals surface area contributed by atoms with Crippen molar-refractivity contribution in [3.8, 4) is 34.0 Å². The Balaban J connectivity index is 1.49. The van der Waals surface area contributed by atoms with Crippen LogP contribution in [0.2, 0.25) is 0 Å². The number of alkyl halides is 3. The fraction of sp³-hybridized carbons (Fsp3) is 0.167. The number of fused-ring (bicyclic) bond motifs is 1. The molecule has 0 N–H and O–H groups in total. The van der Waals surface area contributed by atoms with Crippen LogP contribution in [0.25, 0.3) is 39.2 Å². The molecule has 6 aromatic rings. The van der Waals surface area contributed by atoms with Gasteiger partial charge in [-0.05, 0) is 92.4 Å². The van der Waals surface area contributed by atoms with Crippen LogP contribution >= 0.6 is 0 Å². The molecule has 4 nitrogen and oxygen atoms in total. The molecule has 7 heteroatoms. The summed E-state index contributed by atoms with van der Waals surface area (Å²) >= 11 is 0. The standard InChI is InChI=1S/C36H30F3N3O/c1-22-9-12-27(13-10-22)34-33-31(36(37,38)39)20-32(40-35(33)42(41-34)29-16-11-23(2)25(4)19-29)26-14-17-30(18-15-26)43-21-28-8-6-5-7-24(28)3/h5-20H,21H2,1-4H3. The van der Waals surface area contributed by atoms with Crippen LogP contribution in [0.15, 0.2) is 97.1 Å². The van der Waals surface area contributed by atoms with Crippen LogP contribution in [-0.2, 0) is 12.8 Å². The summed E-state index contributed by atoms with van der Waals surface area (Å²) in [6, 6.07) is 29.1. The molecule has 0 radical (unpaired) electrons. The van der Waals surface area contributed by atoms with E-state index in [1.54, 1.807) is 36.4 Å². The third-order valence-electron chi connectivity index (χ3n) is 7.81. The minimum Gasteiger partial charge on any atom is -0.489 e. The summed E-state index contributed by atoms with van der Waals surface area (Å²) in [6.45, 7) is 8.31. The lowest BCUT2D eigenvalue weighted by Crippen LogP contribution is -2.08. The van der Waals surface area contributed by atoms with E-state index >= 15 is 0 Å². The van der Waals surface area contributed by atoms with Crippen molar-refractivity contribution < 1.29 is 17.9 Å². The summed E-state index contributed by atoms with van der Waals surface area (Å²) in [6.07, 6.45) is -4.64. The van der Waals surface area contributed by atoms with E-state index in [2.05, 4.69) is 0 Å². The molecule has 0 aliphatic heterocycles. The highest BCUT2D eigenvalue weighted by molar-refractivity contribution is 5.96. The Morgan fingerprint density at radius 2 is 1.42 bits per heavy atom. The average Bonchev–Trinajstić information content (AvgIpc) is 3.37. The first-order valence-corrected chi connectivity index (χ1v) is 14.0. The van der Waals surface area contributed by atoms with Crippen LogP contribution in [0.3, 0.4) is 0 Å². The summed E-state index contributed by atoms with van der Waals surface area (Å²) in [5.41, 5.74) is 6.85. The van der Waals surface area contributed by atoms with Gasteiger partial charge in [0.2, 0.25) is 0 Å². The van der Waals surface area contributed by atoms with Gasteiger partial charge in [0.05, 0.1) is 22.3 Å². The smallest absolute Gasteiger partial charge is 0.417 e. The van der Waals surface area contributed by atoms with Gasteiger partial charge in [-0.15, -0.1) is 0 Å². The van der Waals surface area contributed by atoms with Crippen LogP contribution in [0.1, 0.15) is 33.4 Å². The molecule has 0 spiro atoms. The third kappa shape index (κ3) is 5.63. The zero-order valence-corrected chi connectivity index (χ0v) is 24.3.